The van der Waals surface area contributed by atoms with E-state index in [0.29, 0.717) is 16.8 Å². The number of rotatable bonds is 2. The van der Waals surface area contributed by atoms with Crippen molar-refractivity contribution in [2.24, 2.45) is 0 Å². The van der Waals surface area contributed by atoms with E-state index >= 15 is 0 Å². The minimum atomic E-state index is -0.513. The zero-order valence-electron chi connectivity index (χ0n) is 9.95. The van der Waals surface area contributed by atoms with E-state index < -0.39 is 11.8 Å². The third kappa shape index (κ3) is 2.04. The predicted molar refractivity (Wildman–Crippen MR) is 64.5 cm³/mol. The van der Waals surface area contributed by atoms with Gasteiger partial charge in [-0.15, -0.1) is 0 Å². The SMILES string of the molecule is COC(=O)c1cc(-c2cc(N)n[nH]2)c(F)cc1C. The number of carbonyl (C=O) groups is 1. The van der Waals surface area contributed by atoms with E-state index in [-0.39, 0.29) is 11.4 Å². The van der Waals surface area contributed by atoms with Crippen LogP contribution in [0, 0.1) is 12.7 Å². The maximum atomic E-state index is 13.9. The molecule has 0 fully saturated rings. The first-order valence-electron chi connectivity index (χ1n) is 5.22. The van der Waals surface area contributed by atoms with E-state index in [1.165, 1.54) is 25.3 Å². The number of ether oxygens (including phenoxy) is 1. The Morgan fingerprint density at radius 2 is 2.17 bits per heavy atom. The molecule has 18 heavy (non-hydrogen) atoms. The van der Waals surface area contributed by atoms with Gasteiger partial charge in [-0.25, -0.2) is 9.18 Å². The Kier molecular flexibility index (Phi) is 3.01. The van der Waals surface area contributed by atoms with E-state index in [9.17, 15) is 9.18 Å². The smallest absolute Gasteiger partial charge is 0.338 e. The van der Waals surface area contributed by atoms with E-state index in [1.54, 1.807) is 6.92 Å². The largest absolute Gasteiger partial charge is 0.465 e. The van der Waals surface area contributed by atoms with Crippen LogP contribution in [0.4, 0.5) is 10.2 Å². The number of H-pyrrole nitrogens is 1. The zero-order chi connectivity index (χ0) is 13.3. The average Bonchev–Trinajstić information content (AvgIpc) is 2.75. The number of benzene rings is 1. The second kappa shape index (κ2) is 4.48. The Morgan fingerprint density at radius 1 is 1.44 bits per heavy atom. The summed E-state index contributed by atoms with van der Waals surface area (Å²) in [6, 6.07) is 4.19. The summed E-state index contributed by atoms with van der Waals surface area (Å²) < 4.78 is 18.5. The minimum absolute atomic E-state index is 0.227. The number of nitrogens with two attached hydrogens (primary N) is 1. The number of hydrogen-bond donors (Lipinski definition) is 2. The highest BCUT2D eigenvalue weighted by atomic mass is 19.1. The van der Waals surface area contributed by atoms with Crippen LogP contribution >= 0.6 is 0 Å². The zero-order valence-corrected chi connectivity index (χ0v) is 9.95. The molecule has 0 aliphatic rings. The summed E-state index contributed by atoms with van der Waals surface area (Å²) >= 11 is 0. The van der Waals surface area contributed by atoms with Crippen LogP contribution in [-0.4, -0.2) is 23.3 Å². The number of methoxy groups -OCH3 is 1. The summed E-state index contributed by atoms with van der Waals surface area (Å²) in [7, 11) is 1.28. The first-order valence-corrected chi connectivity index (χ1v) is 5.22. The van der Waals surface area contributed by atoms with Gasteiger partial charge in [-0.2, -0.15) is 5.10 Å². The molecule has 3 N–H and O–H groups in total. The molecule has 0 amide bonds. The highest BCUT2D eigenvalue weighted by molar-refractivity contribution is 5.92. The normalized spacial score (nSPS) is 10.4. The van der Waals surface area contributed by atoms with Gasteiger partial charge in [0.15, 0.2) is 0 Å². The molecule has 0 bridgehead atoms. The van der Waals surface area contributed by atoms with Crippen molar-refractivity contribution < 1.29 is 13.9 Å². The summed E-state index contributed by atoms with van der Waals surface area (Å²) in [4.78, 5) is 11.5. The number of esters is 1. The molecule has 94 valence electrons. The Bertz CT molecular complexity index is 607. The van der Waals surface area contributed by atoms with E-state index in [2.05, 4.69) is 14.9 Å². The molecule has 0 saturated carbocycles. The monoisotopic (exact) mass is 249 g/mol. The molecule has 1 heterocycles. The second-order valence-corrected chi connectivity index (χ2v) is 3.85. The first-order chi connectivity index (χ1) is 8.52. The number of halogens is 1. The molecular formula is C12H12FN3O2. The highest BCUT2D eigenvalue weighted by Crippen LogP contribution is 2.25. The van der Waals surface area contributed by atoms with Gasteiger partial charge in [0.2, 0.25) is 0 Å². The number of aromatic amines is 1. The number of nitrogens with one attached hydrogen (secondary N) is 1. The Hall–Kier alpha value is -2.37. The van der Waals surface area contributed by atoms with Gasteiger partial charge in [0.1, 0.15) is 11.6 Å². The number of carbonyl (C=O) groups excluding carboxylic acids is 1. The van der Waals surface area contributed by atoms with Crippen molar-refractivity contribution in [1.29, 1.82) is 0 Å². The van der Waals surface area contributed by atoms with E-state index in [4.69, 9.17) is 5.73 Å². The number of nitrogen functional groups attached to an aromatic ring is 1. The van der Waals surface area contributed by atoms with Gasteiger partial charge in [0.25, 0.3) is 0 Å². The van der Waals surface area contributed by atoms with Gasteiger partial charge in [0.05, 0.1) is 18.4 Å². The van der Waals surface area contributed by atoms with Crippen LogP contribution in [-0.2, 0) is 4.74 Å². The molecule has 0 spiro atoms. The summed E-state index contributed by atoms with van der Waals surface area (Å²) in [5.74, 6) is -0.713. The molecule has 0 saturated heterocycles. The molecule has 0 aliphatic carbocycles. The third-order valence-corrected chi connectivity index (χ3v) is 2.61. The quantitative estimate of drug-likeness (QED) is 0.796. The fourth-order valence-electron chi connectivity index (χ4n) is 1.68. The lowest BCUT2D eigenvalue weighted by molar-refractivity contribution is 0.0600. The van der Waals surface area contributed by atoms with Crippen molar-refractivity contribution in [1.82, 2.24) is 10.2 Å². The maximum Gasteiger partial charge on any atom is 0.338 e. The number of nitrogens with zero attached hydrogens (tertiary/aromatic N) is 1. The fourth-order valence-corrected chi connectivity index (χ4v) is 1.68. The van der Waals surface area contributed by atoms with Crippen LogP contribution in [0.2, 0.25) is 0 Å². The number of aromatic nitrogens is 2. The molecule has 6 heteroatoms. The lowest BCUT2D eigenvalue weighted by Gasteiger charge is -2.07. The summed E-state index contributed by atoms with van der Waals surface area (Å²) in [5.41, 5.74) is 6.92. The van der Waals surface area contributed by atoms with Crippen LogP contribution in [0.5, 0.6) is 0 Å². The van der Waals surface area contributed by atoms with E-state index in [1.807, 2.05) is 0 Å². The van der Waals surface area contributed by atoms with Crippen molar-refractivity contribution in [3.05, 3.63) is 35.1 Å². The molecule has 2 aromatic rings. The summed E-state index contributed by atoms with van der Waals surface area (Å²) in [6.45, 7) is 1.64. The third-order valence-electron chi connectivity index (χ3n) is 2.61. The minimum Gasteiger partial charge on any atom is -0.465 e. The van der Waals surface area contributed by atoms with Crippen molar-refractivity contribution in [3.63, 3.8) is 0 Å². The lowest BCUT2D eigenvalue weighted by atomic mass is 10.0. The highest BCUT2D eigenvalue weighted by Gasteiger charge is 2.16. The van der Waals surface area contributed by atoms with Crippen molar-refractivity contribution in [2.45, 2.75) is 6.92 Å². The Morgan fingerprint density at radius 3 is 2.72 bits per heavy atom. The van der Waals surface area contributed by atoms with Gasteiger partial charge in [-0.3, -0.25) is 5.10 Å². The molecule has 2 rings (SSSR count). The first kappa shape index (κ1) is 12.1. The van der Waals surface area contributed by atoms with Gasteiger partial charge in [-0.05, 0) is 24.6 Å². The van der Waals surface area contributed by atoms with Crippen LogP contribution < -0.4 is 5.73 Å². The van der Waals surface area contributed by atoms with Crippen LogP contribution in [0.1, 0.15) is 15.9 Å². The summed E-state index contributed by atoms with van der Waals surface area (Å²) in [5, 5.41) is 6.32. The maximum absolute atomic E-state index is 13.9. The Balaban J connectivity index is 2.58. The van der Waals surface area contributed by atoms with Crippen molar-refractivity contribution >= 4 is 11.8 Å². The number of hydrogen-bond acceptors (Lipinski definition) is 4. The van der Waals surface area contributed by atoms with Crippen LogP contribution in [0.25, 0.3) is 11.3 Å². The van der Waals surface area contributed by atoms with Gasteiger partial charge < -0.3 is 10.5 Å². The molecule has 0 unspecified atom stereocenters. The summed E-state index contributed by atoms with van der Waals surface area (Å²) in [6.07, 6.45) is 0. The fraction of sp³-hybridized carbons (Fsp3) is 0.167. The molecule has 5 nitrogen and oxygen atoms in total. The number of aryl methyl sites for hydroxylation is 1. The molecule has 1 aromatic carbocycles. The second-order valence-electron chi connectivity index (χ2n) is 3.85. The molecule has 0 atom stereocenters. The van der Waals surface area contributed by atoms with Crippen molar-refractivity contribution in [3.8, 4) is 11.3 Å². The Labute approximate surface area is 103 Å². The van der Waals surface area contributed by atoms with Crippen molar-refractivity contribution in [2.75, 3.05) is 12.8 Å². The lowest BCUT2D eigenvalue weighted by Crippen LogP contribution is -2.05. The topological polar surface area (TPSA) is 81.0 Å². The average molecular weight is 249 g/mol. The van der Waals surface area contributed by atoms with Gasteiger partial charge >= 0.3 is 5.97 Å². The van der Waals surface area contributed by atoms with Crippen LogP contribution in [0.15, 0.2) is 18.2 Å². The standard InChI is InChI=1S/C12H12FN3O2/c1-6-3-9(13)8(4-7(6)12(17)18-2)10-5-11(14)16-15-10/h3-5H,1-2H3,(H3,14,15,16). The molecule has 0 radical (unpaired) electrons. The number of anilines is 1. The van der Waals surface area contributed by atoms with E-state index in [0.717, 1.165) is 0 Å². The van der Waals surface area contributed by atoms with Gasteiger partial charge in [-0.1, -0.05) is 0 Å². The predicted octanol–water partition coefficient (Wildman–Crippen LogP) is 1.89. The van der Waals surface area contributed by atoms with Crippen LogP contribution in [0.3, 0.4) is 0 Å². The van der Waals surface area contributed by atoms with Gasteiger partial charge in [0, 0.05) is 11.6 Å². The molecule has 1 aromatic heterocycles. The molecule has 0 aliphatic heterocycles. The molecular weight excluding hydrogens is 237 g/mol.